The average Bonchev–Trinajstić information content (AvgIpc) is 2.89. The van der Waals surface area contributed by atoms with E-state index in [1.54, 1.807) is 0 Å². The van der Waals surface area contributed by atoms with Crippen LogP contribution in [-0.4, -0.2) is 27.7 Å². The second-order valence-electron chi connectivity index (χ2n) is 4.61. The summed E-state index contributed by atoms with van der Waals surface area (Å²) in [7, 11) is 0. The van der Waals surface area contributed by atoms with E-state index in [-0.39, 0.29) is 0 Å². The minimum absolute atomic E-state index is 0.716. The van der Waals surface area contributed by atoms with Crippen molar-refractivity contribution in [3.8, 4) is 0 Å². The Morgan fingerprint density at radius 3 is 3.25 bits per heavy atom. The molecule has 2 aromatic heterocycles. The zero-order chi connectivity index (χ0) is 11.0. The van der Waals surface area contributed by atoms with Crippen molar-refractivity contribution < 1.29 is 0 Å². The van der Waals surface area contributed by atoms with E-state index in [4.69, 9.17) is 0 Å². The smallest absolute Gasteiger partial charge is 0.161 e. The quantitative estimate of drug-likeness (QED) is 0.820. The highest BCUT2D eigenvalue weighted by molar-refractivity contribution is 5.40. The standard InChI is InChI=1S/C12H16N4/c1-9-3-5-16-11(6-9)14-15-12(16)7-10-2-4-13-8-10/h3,5-6,10,13H,2,4,7-8H2,1H3. The monoisotopic (exact) mass is 216 g/mol. The molecule has 0 saturated carbocycles. The summed E-state index contributed by atoms with van der Waals surface area (Å²) in [6, 6.07) is 4.18. The first-order valence-corrected chi connectivity index (χ1v) is 5.84. The number of nitrogens with one attached hydrogen (secondary N) is 1. The Kier molecular flexibility index (Phi) is 2.36. The zero-order valence-corrected chi connectivity index (χ0v) is 9.48. The van der Waals surface area contributed by atoms with Gasteiger partial charge in [-0.15, -0.1) is 10.2 Å². The molecule has 1 aliphatic heterocycles. The van der Waals surface area contributed by atoms with Crippen LogP contribution >= 0.6 is 0 Å². The molecule has 1 atom stereocenters. The minimum Gasteiger partial charge on any atom is -0.316 e. The van der Waals surface area contributed by atoms with Gasteiger partial charge < -0.3 is 5.32 Å². The van der Waals surface area contributed by atoms with Gasteiger partial charge >= 0.3 is 0 Å². The largest absolute Gasteiger partial charge is 0.316 e. The zero-order valence-electron chi connectivity index (χ0n) is 9.48. The number of fused-ring (bicyclic) bond motifs is 1. The fourth-order valence-electron chi connectivity index (χ4n) is 2.33. The molecule has 4 heteroatoms. The Hall–Kier alpha value is -1.42. The van der Waals surface area contributed by atoms with Gasteiger partial charge in [0.1, 0.15) is 5.82 Å². The normalized spacial score (nSPS) is 20.7. The van der Waals surface area contributed by atoms with Crippen LogP contribution in [0.5, 0.6) is 0 Å². The number of aryl methyl sites for hydroxylation is 1. The van der Waals surface area contributed by atoms with E-state index in [2.05, 4.69) is 45.2 Å². The second-order valence-corrected chi connectivity index (χ2v) is 4.61. The molecular weight excluding hydrogens is 200 g/mol. The molecule has 1 fully saturated rings. The van der Waals surface area contributed by atoms with E-state index in [0.29, 0.717) is 5.92 Å². The molecule has 0 aliphatic carbocycles. The van der Waals surface area contributed by atoms with Crippen LogP contribution in [0.25, 0.3) is 5.65 Å². The average molecular weight is 216 g/mol. The van der Waals surface area contributed by atoms with Crippen LogP contribution in [0.2, 0.25) is 0 Å². The highest BCUT2D eigenvalue weighted by Gasteiger charge is 2.17. The Morgan fingerprint density at radius 2 is 2.44 bits per heavy atom. The van der Waals surface area contributed by atoms with Gasteiger partial charge in [-0.25, -0.2) is 0 Å². The van der Waals surface area contributed by atoms with Crippen LogP contribution in [0, 0.1) is 12.8 Å². The molecule has 3 rings (SSSR count). The summed E-state index contributed by atoms with van der Waals surface area (Å²) < 4.78 is 2.10. The lowest BCUT2D eigenvalue weighted by Crippen LogP contribution is -2.12. The molecule has 0 radical (unpaired) electrons. The van der Waals surface area contributed by atoms with Crippen LogP contribution in [0.15, 0.2) is 18.3 Å². The lowest BCUT2D eigenvalue weighted by atomic mass is 10.0. The van der Waals surface area contributed by atoms with Crippen molar-refractivity contribution in [1.29, 1.82) is 0 Å². The third-order valence-corrected chi connectivity index (χ3v) is 3.27. The lowest BCUT2D eigenvalue weighted by Gasteiger charge is -2.06. The summed E-state index contributed by atoms with van der Waals surface area (Å²) in [5.74, 6) is 1.80. The van der Waals surface area contributed by atoms with E-state index in [1.165, 1.54) is 12.0 Å². The van der Waals surface area contributed by atoms with Gasteiger partial charge in [0.25, 0.3) is 0 Å². The van der Waals surface area contributed by atoms with Crippen molar-refractivity contribution in [2.75, 3.05) is 13.1 Å². The molecular formula is C12H16N4. The molecule has 0 bridgehead atoms. The number of hydrogen-bond acceptors (Lipinski definition) is 3. The maximum atomic E-state index is 4.29. The highest BCUT2D eigenvalue weighted by Crippen LogP contribution is 2.15. The van der Waals surface area contributed by atoms with Crippen LogP contribution in [0.3, 0.4) is 0 Å². The summed E-state index contributed by atoms with van der Waals surface area (Å²) in [6.45, 7) is 4.33. The fraction of sp³-hybridized carbons (Fsp3) is 0.500. The lowest BCUT2D eigenvalue weighted by molar-refractivity contribution is 0.558. The first kappa shape index (κ1) is 9.78. The third-order valence-electron chi connectivity index (χ3n) is 3.27. The van der Waals surface area contributed by atoms with Crippen molar-refractivity contribution in [2.45, 2.75) is 19.8 Å². The molecule has 0 amide bonds. The Balaban J connectivity index is 1.91. The molecule has 84 valence electrons. The second kappa shape index (κ2) is 3.87. The molecule has 1 aliphatic rings. The van der Waals surface area contributed by atoms with Gasteiger partial charge in [0.2, 0.25) is 0 Å². The van der Waals surface area contributed by atoms with Gasteiger partial charge in [0.05, 0.1) is 0 Å². The first-order valence-electron chi connectivity index (χ1n) is 5.84. The number of pyridine rings is 1. The molecule has 1 saturated heterocycles. The summed E-state index contributed by atoms with van der Waals surface area (Å²) in [5.41, 5.74) is 2.19. The molecule has 1 N–H and O–H groups in total. The van der Waals surface area contributed by atoms with E-state index in [1.807, 2.05) is 0 Å². The molecule has 2 aromatic rings. The van der Waals surface area contributed by atoms with Crippen molar-refractivity contribution in [3.05, 3.63) is 29.7 Å². The molecule has 0 spiro atoms. The molecule has 3 heterocycles. The van der Waals surface area contributed by atoms with Gasteiger partial charge in [0, 0.05) is 12.6 Å². The van der Waals surface area contributed by atoms with Crippen molar-refractivity contribution in [3.63, 3.8) is 0 Å². The fourth-order valence-corrected chi connectivity index (χ4v) is 2.33. The van der Waals surface area contributed by atoms with Gasteiger partial charge in [-0.05, 0) is 50.0 Å². The molecule has 0 aromatic carbocycles. The van der Waals surface area contributed by atoms with Gasteiger partial charge in [-0.2, -0.15) is 0 Å². The van der Waals surface area contributed by atoms with E-state index < -0.39 is 0 Å². The van der Waals surface area contributed by atoms with Crippen molar-refractivity contribution in [1.82, 2.24) is 19.9 Å². The van der Waals surface area contributed by atoms with E-state index in [9.17, 15) is 0 Å². The summed E-state index contributed by atoms with van der Waals surface area (Å²) in [6.07, 6.45) is 4.35. The predicted octanol–water partition coefficient (Wildman–Crippen LogP) is 1.19. The molecule has 1 unspecified atom stereocenters. The SMILES string of the molecule is Cc1ccn2c(CC3CCNC3)nnc2c1. The summed E-state index contributed by atoms with van der Waals surface area (Å²) in [4.78, 5) is 0. The predicted molar refractivity (Wildman–Crippen MR) is 62.4 cm³/mol. The van der Waals surface area contributed by atoms with E-state index >= 15 is 0 Å². The van der Waals surface area contributed by atoms with Crippen LogP contribution < -0.4 is 5.32 Å². The highest BCUT2D eigenvalue weighted by atomic mass is 15.2. The van der Waals surface area contributed by atoms with Gasteiger partial charge in [0.15, 0.2) is 5.65 Å². The first-order chi connectivity index (χ1) is 7.83. The number of hydrogen-bond donors (Lipinski definition) is 1. The van der Waals surface area contributed by atoms with Gasteiger partial charge in [-0.1, -0.05) is 0 Å². The van der Waals surface area contributed by atoms with Crippen LogP contribution in [0.1, 0.15) is 17.8 Å². The number of aromatic nitrogens is 3. The maximum Gasteiger partial charge on any atom is 0.161 e. The topological polar surface area (TPSA) is 42.2 Å². The summed E-state index contributed by atoms with van der Waals surface area (Å²) >= 11 is 0. The molecule has 16 heavy (non-hydrogen) atoms. The maximum absolute atomic E-state index is 4.29. The minimum atomic E-state index is 0.716. The molecule has 4 nitrogen and oxygen atoms in total. The number of rotatable bonds is 2. The Bertz CT molecular complexity index is 497. The number of nitrogens with zero attached hydrogens (tertiary/aromatic N) is 3. The van der Waals surface area contributed by atoms with Crippen LogP contribution in [0.4, 0.5) is 0 Å². The Morgan fingerprint density at radius 1 is 1.50 bits per heavy atom. The van der Waals surface area contributed by atoms with E-state index in [0.717, 1.165) is 31.0 Å². The van der Waals surface area contributed by atoms with Crippen LogP contribution in [-0.2, 0) is 6.42 Å². The third kappa shape index (κ3) is 1.69. The van der Waals surface area contributed by atoms with Gasteiger partial charge in [-0.3, -0.25) is 4.40 Å². The van der Waals surface area contributed by atoms with Crippen molar-refractivity contribution in [2.24, 2.45) is 5.92 Å². The Labute approximate surface area is 94.7 Å². The summed E-state index contributed by atoms with van der Waals surface area (Å²) in [5, 5.41) is 11.9. The van der Waals surface area contributed by atoms with Crippen molar-refractivity contribution >= 4 is 5.65 Å².